The molecule has 5 heteroatoms. The number of ether oxygens (including phenoxy) is 1. The first-order chi connectivity index (χ1) is 9.56. The monoisotopic (exact) mass is 273 g/mol. The smallest absolute Gasteiger partial charge is 0.271 e. The van der Waals surface area contributed by atoms with Gasteiger partial charge >= 0.3 is 0 Å². The molecular weight excluding hydrogens is 254 g/mol. The lowest BCUT2D eigenvalue weighted by atomic mass is 10.1. The minimum atomic E-state index is -0.0756. The molecule has 0 spiro atoms. The highest BCUT2D eigenvalue weighted by molar-refractivity contribution is 5.62. The Labute approximate surface area is 118 Å². The summed E-state index contributed by atoms with van der Waals surface area (Å²) in [5.74, 6) is 0.842. The molecule has 5 nitrogen and oxygen atoms in total. The van der Waals surface area contributed by atoms with Crippen molar-refractivity contribution in [3.8, 4) is 17.0 Å². The molecule has 0 radical (unpaired) electrons. The molecule has 1 aromatic carbocycles. The molecule has 0 bridgehead atoms. The van der Waals surface area contributed by atoms with E-state index in [0.717, 1.165) is 22.6 Å². The molecule has 2 rings (SSSR count). The molecule has 2 aromatic rings. The Balaban J connectivity index is 2.52. The van der Waals surface area contributed by atoms with Gasteiger partial charge in [-0.1, -0.05) is 0 Å². The van der Waals surface area contributed by atoms with E-state index >= 15 is 0 Å². The van der Waals surface area contributed by atoms with Gasteiger partial charge in [-0.25, -0.2) is 4.68 Å². The van der Waals surface area contributed by atoms with Crippen LogP contribution in [0, 0.1) is 6.92 Å². The van der Waals surface area contributed by atoms with E-state index in [2.05, 4.69) is 10.4 Å². The van der Waals surface area contributed by atoms with Crippen molar-refractivity contribution in [2.24, 2.45) is 7.05 Å². The molecule has 0 aliphatic heterocycles. The lowest BCUT2D eigenvalue weighted by Gasteiger charge is -2.09. The predicted octanol–water partition coefficient (Wildman–Crippen LogP) is 1.48. The zero-order valence-electron chi connectivity index (χ0n) is 12.2. The van der Waals surface area contributed by atoms with Gasteiger partial charge in [0, 0.05) is 24.7 Å². The van der Waals surface area contributed by atoms with E-state index in [-0.39, 0.29) is 5.56 Å². The second kappa shape index (κ2) is 5.88. The van der Waals surface area contributed by atoms with Crippen LogP contribution in [0.5, 0.6) is 5.75 Å². The number of benzene rings is 1. The quantitative estimate of drug-likeness (QED) is 0.917. The van der Waals surface area contributed by atoms with Gasteiger partial charge in [-0.3, -0.25) is 4.79 Å². The van der Waals surface area contributed by atoms with E-state index in [9.17, 15) is 4.79 Å². The third-order valence-corrected chi connectivity index (χ3v) is 3.20. The number of rotatable bonds is 4. The molecule has 1 aromatic heterocycles. The largest absolute Gasteiger partial charge is 0.496 e. The molecule has 1 heterocycles. The van der Waals surface area contributed by atoms with E-state index in [1.165, 1.54) is 4.68 Å². The lowest BCUT2D eigenvalue weighted by molar-refractivity contribution is 0.412. The number of aryl methyl sites for hydroxylation is 2. The Kier molecular flexibility index (Phi) is 4.20. The predicted molar refractivity (Wildman–Crippen MR) is 79.0 cm³/mol. The maximum Gasteiger partial charge on any atom is 0.271 e. The van der Waals surface area contributed by atoms with Gasteiger partial charge in [-0.2, -0.15) is 5.10 Å². The SMILES string of the molecule is CNCc1cc(-c2ccc(OC)c(C)c2)nn(C)c1=O. The maximum absolute atomic E-state index is 12.0. The first-order valence-corrected chi connectivity index (χ1v) is 6.43. The zero-order chi connectivity index (χ0) is 14.7. The third kappa shape index (κ3) is 2.72. The van der Waals surface area contributed by atoms with E-state index in [4.69, 9.17) is 4.74 Å². The van der Waals surface area contributed by atoms with Gasteiger partial charge in [0.1, 0.15) is 5.75 Å². The number of nitrogens with zero attached hydrogens (tertiary/aromatic N) is 2. The van der Waals surface area contributed by atoms with Crippen molar-refractivity contribution in [2.45, 2.75) is 13.5 Å². The summed E-state index contributed by atoms with van der Waals surface area (Å²) in [6, 6.07) is 7.70. The third-order valence-electron chi connectivity index (χ3n) is 3.20. The van der Waals surface area contributed by atoms with Crippen LogP contribution in [0.1, 0.15) is 11.1 Å². The number of hydrogen-bond acceptors (Lipinski definition) is 4. The Morgan fingerprint density at radius 2 is 2.10 bits per heavy atom. The molecule has 0 aliphatic rings. The van der Waals surface area contributed by atoms with Crippen LogP contribution in [0.2, 0.25) is 0 Å². The fraction of sp³-hybridized carbons (Fsp3) is 0.333. The molecule has 0 unspecified atom stereocenters. The maximum atomic E-state index is 12.0. The molecule has 0 saturated heterocycles. The summed E-state index contributed by atoms with van der Waals surface area (Å²) in [7, 11) is 5.13. The van der Waals surface area contributed by atoms with Crippen LogP contribution in [-0.4, -0.2) is 23.9 Å². The summed E-state index contributed by atoms with van der Waals surface area (Å²) in [4.78, 5) is 12.0. The summed E-state index contributed by atoms with van der Waals surface area (Å²) in [5.41, 5.74) is 3.41. The van der Waals surface area contributed by atoms with Crippen molar-refractivity contribution in [1.29, 1.82) is 0 Å². The Hall–Kier alpha value is -2.14. The second-order valence-corrected chi connectivity index (χ2v) is 4.70. The standard InChI is InChI=1S/C15H19N3O2/c1-10-7-11(5-6-14(10)20-4)13-8-12(9-16-2)15(19)18(3)17-13/h5-8,16H,9H2,1-4H3. The summed E-state index contributed by atoms with van der Waals surface area (Å²) >= 11 is 0. The summed E-state index contributed by atoms with van der Waals surface area (Å²) in [5, 5.41) is 7.32. The van der Waals surface area contributed by atoms with Gasteiger partial charge < -0.3 is 10.1 Å². The van der Waals surface area contributed by atoms with E-state index in [0.29, 0.717) is 12.1 Å². The Morgan fingerprint density at radius 1 is 1.35 bits per heavy atom. The second-order valence-electron chi connectivity index (χ2n) is 4.70. The van der Waals surface area contributed by atoms with Gasteiger partial charge in [0.05, 0.1) is 12.8 Å². The van der Waals surface area contributed by atoms with Gasteiger partial charge in [0.2, 0.25) is 0 Å². The van der Waals surface area contributed by atoms with E-state index < -0.39 is 0 Å². The van der Waals surface area contributed by atoms with Gasteiger partial charge in [-0.05, 0) is 43.8 Å². The summed E-state index contributed by atoms with van der Waals surface area (Å²) in [6.45, 7) is 2.51. The summed E-state index contributed by atoms with van der Waals surface area (Å²) in [6.07, 6.45) is 0. The van der Waals surface area contributed by atoms with Crippen LogP contribution in [0.3, 0.4) is 0 Å². The molecule has 0 fully saturated rings. The molecule has 20 heavy (non-hydrogen) atoms. The fourth-order valence-corrected chi connectivity index (χ4v) is 2.17. The number of aromatic nitrogens is 2. The molecule has 1 N–H and O–H groups in total. The Bertz CT molecular complexity index is 677. The van der Waals surface area contributed by atoms with Gasteiger partial charge in [0.15, 0.2) is 0 Å². The van der Waals surface area contributed by atoms with Crippen molar-refractivity contribution in [2.75, 3.05) is 14.2 Å². The fourth-order valence-electron chi connectivity index (χ4n) is 2.17. The van der Waals surface area contributed by atoms with Crippen LogP contribution < -0.4 is 15.6 Å². The Morgan fingerprint density at radius 3 is 2.70 bits per heavy atom. The highest BCUT2D eigenvalue weighted by Gasteiger charge is 2.09. The van der Waals surface area contributed by atoms with Crippen LogP contribution in [-0.2, 0) is 13.6 Å². The number of nitrogens with one attached hydrogen (secondary N) is 1. The highest BCUT2D eigenvalue weighted by atomic mass is 16.5. The highest BCUT2D eigenvalue weighted by Crippen LogP contribution is 2.24. The van der Waals surface area contributed by atoms with Crippen LogP contribution >= 0.6 is 0 Å². The van der Waals surface area contributed by atoms with Crippen LogP contribution in [0.25, 0.3) is 11.3 Å². The van der Waals surface area contributed by atoms with Crippen molar-refractivity contribution in [1.82, 2.24) is 15.1 Å². The van der Waals surface area contributed by atoms with Crippen molar-refractivity contribution >= 4 is 0 Å². The molecule has 106 valence electrons. The van der Waals surface area contributed by atoms with Crippen molar-refractivity contribution < 1.29 is 4.74 Å². The lowest BCUT2D eigenvalue weighted by Crippen LogP contribution is -2.26. The van der Waals surface area contributed by atoms with Crippen molar-refractivity contribution in [3.63, 3.8) is 0 Å². The number of methoxy groups -OCH3 is 1. The minimum absolute atomic E-state index is 0.0756. The molecule has 0 saturated carbocycles. The zero-order valence-corrected chi connectivity index (χ0v) is 12.2. The first-order valence-electron chi connectivity index (χ1n) is 6.43. The average molecular weight is 273 g/mol. The van der Waals surface area contributed by atoms with Gasteiger partial charge in [0.25, 0.3) is 5.56 Å². The number of hydrogen-bond donors (Lipinski definition) is 1. The molecular formula is C15H19N3O2. The van der Waals surface area contributed by atoms with Crippen molar-refractivity contribution in [3.05, 3.63) is 45.7 Å². The molecule has 0 amide bonds. The average Bonchev–Trinajstić information content (AvgIpc) is 2.43. The van der Waals surface area contributed by atoms with Crippen LogP contribution in [0.4, 0.5) is 0 Å². The normalized spacial score (nSPS) is 10.6. The molecule has 0 atom stereocenters. The summed E-state index contributed by atoms with van der Waals surface area (Å²) < 4.78 is 6.63. The first kappa shape index (κ1) is 14.3. The van der Waals surface area contributed by atoms with Crippen LogP contribution in [0.15, 0.2) is 29.1 Å². The topological polar surface area (TPSA) is 56.1 Å². The minimum Gasteiger partial charge on any atom is -0.496 e. The van der Waals surface area contributed by atoms with E-state index in [1.54, 1.807) is 14.2 Å². The van der Waals surface area contributed by atoms with E-state index in [1.807, 2.05) is 38.2 Å². The van der Waals surface area contributed by atoms with Gasteiger partial charge in [-0.15, -0.1) is 0 Å². The molecule has 0 aliphatic carbocycles.